The van der Waals surface area contributed by atoms with E-state index in [1.54, 1.807) is 19.1 Å². The van der Waals surface area contributed by atoms with Gasteiger partial charge < -0.3 is 15.2 Å². The van der Waals surface area contributed by atoms with Crippen molar-refractivity contribution in [3.63, 3.8) is 0 Å². The van der Waals surface area contributed by atoms with Crippen molar-refractivity contribution in [1.29, 1.82) is 0 Å². The summed E-state index contributed by atoms with van der Waals surface area (Å²) >= 11 is 0. The second-order valence-corrected chi connectivity index (χ2v) is 5.78. The Balaban J connectivity index is 2.62. The van der Waals surface area contributed by atoms with E-state index in [1.807, 2.05) is 13.8 Å². The number of benzene rings is 1. The maximum Gasteiger partial charge on any atom is 0.422 e. The summed E-state index contributed by atoms with van der Waals surface area (Å²) in [6.07, 6.45) is -5.15. The van der Waals surface area contributed by atoms with E-state index >= 15 is 0 Å². The Morgan fingerprint density at radius 3 is 2.52 bits per heavy atom. The number of aliphatic hydroxyl groups excluding tert-OH is 1. The molecule has 7 heteroatoms. The number of rotatable bonds is 7. The first-order valence-electron chi connectivity index (χ1n) is 7.35. The minimum atomic E-state index is -4.40. The van der Waals surface area contributed by atoms with Crippen molar-refractivity contribution in [2.45, 2.75) is 45.5 Å². The van der Waals surface area contributed by atoms with Crippen LogP contribution >= 0.6 is 0 Å². The SMILES string of the molecule is CC(C)[C@H](O)CC(=O)N[C@@H](C)c1cccc(OCC(F)(F)F)c1. The average Bonchev–Trinajstić information content (AvgIpc) is 2.44. The summed E-state index contributed by atoms with van der Waals surface area (Å²) < 4.78 is 41.1. The summed E-state index contributed by atoms with van der Waals surface area (Å²) in [7, 11) is 0. The molecular formula is C16H22F3NO3. The van der Waals surface area contributed by atoms with Gasteiger partial charge in [0.15, 0.2) is 6.61 Å². The molecule has 4 nitrogen and oxygen atoms in total. The van der Waals surface area contributed by atoms with Crippen molar-refractivity contribution >= 4 is 5.91 Å². The molecule has 0 saturated heterocycles. The fraction of sp³-hybridized carbons (Fsp3) is 0.562. The molecule has 0 heterocycles. The molecule has 23 heavy (non-hydrogen) atoms. The van der Waals surface area contributed by atoms with E-state index in [0.717, 1.165) is 0 Å². The topological polar surface area (TPSA) is 58.6 Å². The van der Waals surface area contributed by atoms with Gasteiger partial charge in [0.25, 0.3) is 0 Å². The van der Waals surface area contributed by atoms with Gasteiger partial charge in [-0.3, -0.25) is 4.79 Å². The molecule has 130 valence electrons. The molecule has 0 aliphatic carbocycles. The van der Waals surface area contributed by atoms with Gasteiger partial charge in [0.1, 0.15) is 5.75 Å². The average molecular weight is 333 g/mol. The van der Waals surface area contributed by atoms with Crippen LogP contribution in [0, 0.1) is 5.92 Å². The molecule has 0 radical (unpaired) electrons. The lowest BCUT2D eigenvalue weighted by Crippen LogP contribution is -2.31. The van der Waals surface area contributed by atoms with E-state index in [1.165, 1.54) is 12.1 Å². The fourth-order valence-corrected chi connectivity index (χ4v) is 1.85. The summed E-state index contributed by atoms with van der Waals surface area (Å²) in [5.41, 5.74) is 0.622. The minimum Gasteiger partial charge on any atom is -0.484 e. The van der Waals surface area contributed by atoms with Gasteiger partial charge in [-0.15, -0.1) is 0 Å². The van der Waals surface area contributed by atoms with E-state index in [-0.39, 0.29) is 24.0 Å². The van der Waals surface area contributed by atoms with Gasteiger partial charge in [0.2, 0.25) is 5.91 Å². The third-order valence-corrected chi connectivity index (χ3v) is 3.30. The molecule has 1 aromatic rings. The molecule has 0 unspecified atom stereocenters. The normalized spacial score (nSPS) is 14.4. The van der Waals surface area contributed by atoms with Crippen molar-refractivity contribution in [2.24, 2.45) is 5.92 Å². The number of carbonyl (C=O) groups is 1. The van der Waals surface area contributed by atoms with Crippen molar-refractivity contribution < 1.29 is 27.8 Å². The van der Waals surface area contributed by atoms with Gasteiger partial charge in [-0.2, -0.15) is 13.2 Å². The second-order valence-electron chi connectivity index (χ2n) is 5.78. The molecule has 0 aromatic heterocycles. The second kappa shape index (κ2) is 8.19. The highest BCUT2D eigenvalue weighted by molar-refractivity contribution is 5.76. The van der Waals surface area contributed by atoms with Gasteiger partial charge in [-0.1, -0.05) is 26.0 Å². The zero-order chi connectivity index (χ0) is 17.6. The number of hydrogen-bond donors (Lipinski definition) is 2. The third-order valence-electron chi connectivity index (χ3n) is 3.30. The molecule has 1 rings (SSSR count). The number of ether oxygens (including phenoxy) is 1. The van der Waals surface area contributed by atoms with Gasteiger partial charge in [0, 0.05) is 0 Å². The van der Waals surface area contributed by atoms with Crippen LogP contribution in [0.15, 0.2) is 24.3 Å². The van der Waals surface area contributed by atoms with Crippen LogP contribution in [0.4, 0.5) is 13.2 Å². The van der Waals surface area contributed by atoms with E-state index in [4.69, 9.17) is 0 Å². The van der Waals surface area contributed by atoms with Gasteiger partial charge in [-0.25, -0.2) is 0 Å². The Hall–Kier alpha value is -1.76. The van der Waals surface area contributed by atoms with E-state index in [2.05, 4.69) is 10.1 Å². The molecular weight excluding hydrogens is 311 g/mol. The molecule has 0 fully saturated rings. The lowest BCUT2D eigenvalue weighted by atomic mass is 10.0. The Morgan fingerprint density at radius 1 is 1.30 bits per heavy atom. The fourth-order valence-electron chi connectivity index (χ4n) is 1.85. The molecule has 0 bridgehead atoms. The maximum atomic E-state index is 12.2. The van der Waals surface area contributed by atoms with Crippen molar-refractivity contribution in [2.75, 3.05) is 6.61 Å². The standard InChI is InChI=1S/C16H22F3NO3/c1-10(2)14(21)8-15(22)20-11(3)12-5-4-6-13(7-12)23-9-16(17,18)19/h4-7,10-11,14,21H,8-9H2,1-3H3,(H,20,22)/t11-,14+/m0/s1. The third kappa shape index (κ3) is 7.36. The Labute approximate surface area is 133 Å². The Bertz CT molecular complexity index is 518. The molecule has 2 atom stereocenters. The van der Waals surface area contributed by atoms with Crippen LogP contribution in [-0.2, 0) is 4.79 Å². The number of nitrogens with one attached hydrogen (secondary N) is 1. The number of alkyl halides is 3. The number of aliphatic hydroxyl groups is 1. The number of carbonyl (C=O) groups excluding carboxylic acids is 1. The van der Waals surface area contributed by atoms with Gasteiger partial charge in [-0.05, 0) is 30.5 Å². The lowest BCUT2D eigenvalue weighted by molar-refractivity contribution is -0.153. The smallest absolute Gasteiger partial charge is 0.422 e. The van der Waals surface area contributed by atoms with Crippen LogP contribution < -0.4 is 10.1 Å². The molecule has 0 spiro atoms. The lowest BCUT2D eigenvalue weighted by Gasteiger charge is -2.18. The molecule has 2 N–H and O–H groups in total. The van der Waals surface area contributed by atoms with E-state index in [9.17, 15) is 23.1 Å². The first-order valence-corrected chi connectivity index (χ1v) is 7.35. The van der Waals surface area contributed by atoms with Crippen LogP contribution in [0.5, 0.6) is 5.75 Å². The number of amides is 1. The first-order chi connectivity index (χ1) is 10.6. The molecule has 1 aromatic carbocycles. The van der Waals surface area contributed by atoms with Crippen LogP contribution in [0.25, 0.3) is 0 Å². The van der Waals surface area contributed by atoms with Crippen molar-refractivity contribution in [3.05, 3.63) is 29.8 Å². The van der Waals surface area contributed by atoms with E-state index in [0.29, 0.717) is 5.56 Å². The predicted octanol–water partition coefficient (Wildman–Crippen LogP) is 3.21. The van der Waals surface area contributed by atoms with Crippen molar-refractivity contribution in [3.8, 4) is 5.75 Å². The molecule has 0 aliphatic heterocycles. The minimum absolute atomic E-state index is 0.0216. The predicted molar refractivity (Wildman–Crippen MR) is 80.0 cm³/mol. The zero-order valence-electron chi connectivity index (χ0n) is 13.4. The van der Waals surface area contributed by atoms with Gasteiger partial charge >= 0.3 is 6.18 Å². The summed E-state index contributed by atoms with van der Waals surface area (Å²) in [5.74, 6) is -0.265. The molecule has 0 aliphatic rings. The summed E-state index contributed by atoms with van der Waals surface area (Å²) in [6.45, 7) is 3.96. The highest BCUT2D eigenvalue weighted by Crippen LogP contribution is 2.22. The number of halogens is 3. The highest BCUT2D eigenvalue weighted by atomic mass is 19.4. The monoisotopic (exact) mass is 333 g/mol. The Morgan fingerprint density at radius 2 is 1.96 bits per heavy atom. The van der Waals surface area contributed by atoms with Crippen LogP contribution in [0.1, 0.15) is 38.8 Å². The largest absolute Gasteiger partial charge is 0.484 e. The summed E-state index contributed by atoms with van der Waals surface area (Å²) in [4.78, 5) is 11.8. The summed E-state index contributed by atoms with van der Waals surface area (Å²) in [5, 5.41) is 12.4. The van der Waals surface area contributed by atoms with E-state index < -0.39 is 24.9 Å². The van der Waals surface area contributed by atoms with Gasteiger partial charge in [0.05, 0.1) is 18.6 Å². The quantitative estimate of drug-likeness (QED) is 0.805. The molecule has 0 saturated carbocycles. The first kappa shape index (κ1) is 19.3. The Kier molecular flexibility index (Phi) is 6.87. The zero-order valence-corrected chi connectivity index (χ0v) is 13.4. The highest BCUT2D eigenvalue weighted by Gasteiger charge is 2.28. The summed E-state index contributed by atoms with van der Waals surface area (Å²) in [6, 6.07) is 5.72. The van der Waals surface area contributed by atoms with Crippen LogP contribution in [-0.4, -0.2) is 29.9 Å². The van der Waals surface area contributed by atoms with Crippen molar-refractivity contribution in [1.82, 2.24) is 5.32 Å². The molecule has 1 amide bonds. The maximum absolute atomic E-state index is 12.2. The van der Waals surface area contributed by atoms with Crippen LogP contribution in [0.3, 0.4) is 0 Å². The van der Waals surface area contributed by atoms with Crippen LogP contribution in [0.2, 0.25) is 0 Å². The number of hydrogen-bond acceptors (Lipinski definition) is 3.